The number of nitrogens with zero attached hydrogens (tertiary/aromatic N) is 5. The molecule has 186 valence electrons. The van der Waals surface area contributed by atoms with Gasteiger partial charge in [-0.2, -0.15) is 5.10 Å². The molecule has 0 bridgehead atoms. The third-order valence-electron chi connectivity index (χ3n) is 6.50. The highest BCUT2D eigenvalue weighted by molar-refractivity contribution is 6.04. The van der Waals surface area contributed by atoms with E-state index in [2.05, 4.69) is 40.4 Å². The summed E-state index contributed by atoms with van der Waals surface area (Å²) in [7, 11) is 0. The van der Waals surface area contributed by atoms with E-state index in [1.165, 1.54) is 0 Å². The maximum Gasteiger partial charge on any atom is 0.255 e. The van der Waals surface area contributed by atoms with Gasteiger partial charge in [0.05, 0.1) is 40.7 Å². The predicted molar refractivity (Wildman–Crippen MR) is 150 cm³/mol. The molecule has 0 unspecified atom stereocenters. The summed E-state index contributed by atoms with van der Waals surface area (Å²) in [5.41, 5.74) is 7.63. The number of nitrogens with one attached hydrogen (secondary N) is 3. The SMILES string of the molecule is O=C(Nc1cncc(-c2cc3c(-c4cc5c(-c6ccccn6)ccnc5[nH]4)n[nH]c3cn2)c1)c1ccccc1. The zero-order chi connectivity index (χ0) is 26.2. The van der Waals surface area contributed by atoms with Crippen molar-refractivity contribution in [3.8, 4) is 33.9 Å². The largest absolute Gasteiger partial charge is 0.338 e. The standard InChI is InChI=1S/C30H20N8O/c39-30(18-6-2-1-3-7-18)35-20-12-19(15-31-16-20)25-14-23-27(17-34-25)37-38-28(23)26-13-22-21(9-11-33-29(22)36-26)24-8-4-5-10-32-24/h1-17H,(H,33,36)(H,35,39)(H,37,38). The van der Waals surface area contributed by atoms with E-state index in [0.29, 0.717) is 16.9 Å². The van der Waals surface area contributed by atoms with Crippen LogP contribution in [0.4, 0.5) is 5.69 Å². The van der Waals surface area contributed by atoms with Crippen molar-refractivity contribution in [3.05, 3.63) is 109 Å². The summed E-state index contributed by atoms with van der Waals surface area (Å²) < 4.78 is 0. The molecule has 39 heavy (non-hydrogen) atoms. The maximum absolute atomic E-state index is 12.6. The minimum Gasteiger partial charge on any atom is -0.338 e. The first-order chi connectivity index (χ1) is 19.2. The number of anilines is 1. The van der Waals surface area contributed by atoms with Crippen LogP contribution < -0.4 is 5.32 Å². The van der Waals surface area contributed by atoms with Gasteiger partial charge in [0.1, 0.15) is 11.3 Å². The summed E-state index contributed by atoms with van der Waals surface area (Å²) in [5, 5.41) is 12.4. The number of benzene rings is 1. The second-order valence-electron chi connectivity index (χ2n) is 8.99. The van der Waals surface area contributed by atoms with Gasteiger partial charge < -0.3 is 10.3 Å². The summed E-state index contributed by atoms with van der Waals surface area (Å²) in [6.45, 7) is 0. The van der Waals surface area contributed by atoms with Crippen molar-refractivity contribution in [1.82, 2.24) is 35.1 Å². The summed E-state index contributed by atoms with van der Waals surface area (Å²) in [6, 6.07) is 22.7. The summed E-state index contributed by atoms with van der Waals surface area (Å²) >= 11 is 0. The Hall–Kier alpha value is -5.70. The van der Waals surface area contributed by atoms with Crippen molar-refractivity contribution in [2.75, 3.05) is 5.32 Å². The van der Waals surface area contributed by atoms with E-state index in [1.807, 2.05) is 60.7 Å². The lowest BCUT2D eigenvalue weighted by molar-refractivity contribution is 0.102. The van der Waals surface area contributed by atoms with E-state index in [0.717, 1.165) is 50.1 Å². The molecule has 6 aromatic heterocycles. The summed E-state index contributed by atoms with van der Waals surface area (Å²) in [5.74, 6) is -0.201. The molecule has 0 spiro atoms. The van der Waals surface area contributed by atoms with Gasteiger partial charge in [-0.1, -0.05) is 24.3 Å². The van der Waals surface area contributed by atoms with Crippen molar-refractivity contribution in [3.63, 3.8) is 0 Å². The van der Waals surface area contributed by atoms with Gasteiger partial charge >= 0.3 is 0 Å². The van der Waals surface area contributed by atoms with E-state index in [4.69, 9.17) is 0 Å². The number of rotatable bonds is 5. The Kier molecular flexibility index (Phi) is 5.37. The van der Waals surface area contributed by atoms with Crippen LogP contribution >= 0.6 is 0 Å². The molecule has 0 radical (unpaired) electrons. The van der Waals surface area contributed by atoms with Crippen LogP contribution in [-0.2, 0) is 0 Å². The lowest BCUT2D eigenvalue weighted by Crippen LogP contribution is -2.11. The number of aromatic nitrogens is 7. The van der Waals surface area contributed by atoms with E-state index >= 15 is 0 Å². The maximum atomic E-state index is 12.6. The third-order valence-corrected chi connectivity index (χ3v) is 6.50. The molecule has 3 N–H and O–H groups in total. The fourth-order valence-corrected chi connectivity index (χ4v) is 4.62. The number of carbonyl (C=O) groups is 1. The highest BCUT2D eigenvalue weighted by atomic mass is 16.1. The van der Waals surface area contributed by atoms with Crippen molar-refractivity contribution in [1.29, 1.82) is 0 Å². The third kappa shape index (κ3) is 4.17. The Labute approximate surface area is 222 Å². The fourth-order valence-electron chi connectivity index (χ4n) is 4.62. The number of hydrogen-bond acceptors (Lipinski definition) is 6. The van der Waals surface area contributed by atoms with Crippen LogP contribution in [0.3, 0.4) is 0 Å². The van der Waals surface area contributed by atoms with Gasteiger partial charge in [0.15, 0.2) is 0 Å². The summed E-state index contributed by atoms with van der Waals surface area (Å²) in [4.78, 5) is 34.0. The van der Waals surface area contributed by atoms with E-state index in [-0.39, 0.29) is 5.91 Å². The van der Waals surface area contributed by atoms with Crippen molar-refractivity contribution in [2.45, 2.75) is 0 Å². The molecule has 1 aromatic carbocycles. The number of hydrogen-bond donors (Lipinski definition) is 3. The van der Waals surface area contributed by atoms with Crippen molar-refractivity contribution >= 4 is 33.5 Å². The second kappa shape index (κ2) is 9.31. The highest BCUT2D eigenvalue weighted by Gasteiger charge is 2.16. The molecule has 0 saturated heterocycles. The van der Waals surface area contributed by atoms with Crippen LogP contribution in [0.25, 0.3) is 55.8 Å². The van der Waals surface area contributed by atoms with Crippen LogP contribution in [0.15, 0.2) is 104 Å². The van der Waals surface area contributed by atoms with Gasteiger partial charge in [0.25, 0.3) is 5.91 Å². The van der Waals surface area contributed by atoms with Gasteiger partial charge in [-0.25, -0.2) is 4.98 Å². The number of carbonyl (C=O) groups excluding carboxylic acids is 1. The number of fused-ring (bicyclic) bond motifs is 2. The minimum absolute atomic E-state index is 0.201. The van der Waals surface area contributed by atoms with Crippen LogP contribution in [0, 0.1) is 0 Å². The van der Waals surface area contributed by atoms with E-state index in [9.17, 15) is 4.79 Å². The number of amides is 1. The molecule has 0 aliphatic carbocycles. The van der Waals surface area contributed by atoms with Gasteiger partial charge in [-0.3, -0.25) is 24.8 Å². The molecule has 7 aromatic rings. The van der Waals surface area contributed by atoms with Crippen LogP contribution in [0.1, 0.15) is 10.4 Å². The molecule has 7 rings (SSSR count). The molecule has 1 amide bonds. The van der Waals surface area contributed by atoms with Crippen LogP contribution in [-0.4, -0.2) is 41.0 Å². The predicted octanol–water partition coefficient (Wildman–Crippen LogP) is 5.88. The zero-order valence-corrected chi connectivity index (χ0v) is 20.5. The fraction of sp³-hybridized carbons (Fsp3) is 0. The first-order valence-electron chi connectivity index (χ1n) is 12.3. The lowest BCUT2D eigenvalue weighted by atomic mass is 10.1. The Morgan fingerprint density at radius 1 is 0.769 bits per heavy atom. The van der Waals surface area contributed by atoms with E-state index in [1.54, 1.807) is 43.1 Å². The minimum atomic E-state index is -0.201. The number of pyridine rings is 4. The Balaban J connectivity index is 1.25. The summed E-state index contributed by atoms with van der Waals surface area (Å²) in [6.07, 6.45) is 8.63. The van der Waals surface area contributed by atoms with Crippen molar-refractivity contribution < 1.29 is 4.79 Å². The zero-order valence-electron chi connectivity index (χ0n) is 20.5. The Morgan fingerprint density at radius 2 is 1.67 bits per heavy atom. The molecule has 6 heterocycles. The molecular formula is C30H20N8O. The normalized spacial score (nSPS) is 11.2. The number of H-pyrrole nitrogens is 2. The van der Waals surface area contributed by atoms with Gasteiger partial charge in [0.2, 0.25) is 0 Å². The monoisotopic (exact) mass is 508 g/mol. The van der Waals surface area contributed by atoms with Gasteiger partial charge in [-0.15, -0.1) is 0 Å². The molecule has 0 aliphatic heterocycles. The van der Waals surface area contributed by atoms with Crippen LogP contribution in [0.2, 0.25) is 0 Å². The molecule has 0 fully saturated rings. The molecule has 0 atom stereocenters. The topological polar surface area (TPSA) is 125 Å². The first kappa shape index (κ1) is 22.5. The quantitative estimate of drug-likeness (QED) is 0.267. The van der Waals surface area contributed by atoms with E-state index < -0.39 is 0 Å². The molecule has 9 nitrogen and oxygen atoms in total. The Bertz CT molecular complexity index is 1960. The van der Waals surface area contributed by atoms with Gasteiger partial charge in [0, 0.05) is 46.1 Å². The first-order valence-corrected chi connectivity index (χ1v) is 12.3. The molecular weight excluding hydrogens is 488 g/mol. The van der Waals surface area contributed by atoms with Crippen molar-refractivity contribution in [2.24, 2.45) is 0 Å². The average Bonchev–Trinajstić information content (AvgIpc) is 3.62. The van der Waals surface area contributed by atoms with Crippen LogP contribution in [0.5, 0.6) is 0 Å². The number of aromatic amines is 2. The molecule has 9 heteroatoms. The Morgan fingerprint density at radius 3 is 2.54 bits per heavy atom. The lowest BCUT2D eigenvalue weighted by Gasteiger charge is -2.07. The van der Waals surface area contributed by atoms with Gasteiger partial charge in [-0.05, 0) is 48.5 Å². The molecule has 0 saturated carbocycles. The molecule has 0 aliphatic rings. The smallest absolute Gasteiger partial charge is 0.255 e. The average molecular weight is 509 g/mol. The highest BCUT2D eigenvalue weighted by Crippen LogP contribution is 2.33. The second-order valence-corrected chi connectivity index (χ2v) is 8.99.